The number of carbonyl (C=O) groups is 2. The molecule has 0 aromatic heterocycles. The molecule has 0 saturated carbocycles. The van der Waals surface area contributed by atoms with Gasteiger partial charge in [-0.3, -0.25) is 9.59 Å². The minimum Gasteiger partial charge on any atom is -0.355 e. The molecule has 1 atom stereocenters. The highest BCUT2D eigenvalue weighted by Gasteiger charge is 2.17. The minimum absolute atomic E-state index is 0.0528. The zero-order chi connectivity index (χ0) is 17.5. The van der Waals surface area contributed by atoms with E-state index in [4.69, 9.17) is 0 Å². The van der Waals surface area contributed by atoms with Gasteiger partial charge in [0, 0.05) is 24.0 Å². The molecule has 0 bridgehead atoms. The first-order valence-electron chi connectivity index (χ1n) is 7.08. The van der Waals surface area contributed by atoms with Crippen LogP contribution < -0.4 is 15.4 Å². The van der Waals surface area contributed by atoms with Crippen LogP contribution in [0.4, 0.5) is 0 Å². The van der Waals surface area contributed by atoms with E-state index in [0.29, 0.717) is 11.0 Å². The van der Waals surface area contributed by atoms with Gasteiger partial charge in [-0.2, -0.15) is 0 Å². The second-order valence-electron chi connectivity index (χ2n) is 4.79. The molecule has 128 valence electrons. The summed E-state index contributed by atoms with van der Waals surface area (Å²) in [6.45, 7) is 3.77. The summed E-state index contributed by atoms with van der Waals surface area (Å²) in [7, 11) is -3.67. The number of likely N-dealkylation sites (N-methyl/N-ethyl adjacent to an activating group) is 1. The number of carbonyl (C=O) groups excluding carboxylic acids is 2. The standard InChI is InChI=1S/C14H20BrN3O4S/c1-3-16-14(20)10(2)18-13(19)7-8-17-23(21,22)12-6-4-5-11(15)9-12/h4-6,9-10,17H,3,7-8H2,1-2H3,(H,16,20)(H,18,19)/t10-/m1/s1. The van der Waals surface area contributed by atoms with Crippen LogP contribution in [0.5, 0.6) is 0 Å². The van der Waals surface area contributed by atoms with E-state index in [2.05, 4.69) is 31.3 Å². The van der Waals surface area contributed by atoms with E-state index >= 15 is 0 Å². The zero-order valence-corrected chi connectivity index (χ0v) is 15.3. The zero-order valence-electron chi connectivity index (χ0n) is 12.9. The number of benzene rings is 1. The first-order valence-corrected chi connectivity index (χ1v) is 9.36. The van der Waals surface area contributed by atoms with Gasteiger partial charge in [-0.1, -0.05) is 22.0 Å². The molecule has 1 rings (SSSR count). The van der Waals surface area contributed by atoms with Crippen molar-refractivity contribution in [2.75, 3.05) is 13.1 Å². The van der Waals surface area contributed by atoms with Gasteiger partial charge >= 0.3 is 0 Å². The molecule has 0 radical (unpaired) electrons. The summed E-state index contributed by atoms with van der Waals surface area (Å²) in [5, 5.41) is 5.09. The van der Waals surface area contributed by atoms with Crippen molar-refractivity contribution in [2.45, 2.75) is 31.2 Å². The van der Waals surface area contributed by atoms with Crippen molar-refractivity contribution in [3.05, 3.63) is 28.7 Å². The Labute approximate surface area is 144 Å². The molecular weight excluding hydrogens is 386 g/mol. The van der Waals surface area contributed by atoms with Crippen LogP contribution in [-0.4, -0.2) is 39.4 Å². The maximum absolute atomic E-state index is 12.1. The number of hydrogen-bond acceptors (Lipinski definition) is 4. The van der Waals surface area contributed by atoms with Crippen molar-refractivity contribution in [2.24, 2.45) is 0 Å². The predicted octanol–water partition coefficient (Wildman–Crippen LogP) is 0.758. The summed E-state index contributed by atoms with van der Waals surface area (Å²) < 4.78 is 27.1. The lowest BCUT2D eigenvalue weighted by molar-refractivity contribution is -0.128. The number of hydrogen-bond donors (Lipinski definition) is 3. The number of amides is 2. The monoisotopic (exact) mass is 405 g/mol. The molecule has 0 saturated heterocycles. The van der Waals surface area contributed by atoms with Gasteiger partial charge in [-0.05, 0) is 32.0 Å². The lowest BCUT2D eigenvalue weighted by Gasteiger charge is -2.13. The van der Waals surface area contributed by atoms with Crippen molar-refractivity contribution in [3.8, 4) is 0 Å². The molecule has 7 nitrogen and oxygen atoms in total. The molecule has 0 fully saturated rings. The van der Waals surface area contributed by atoms with Gasteiger partial charge in [-0.15, -0.1) is 0 Å². The molecule has 0 spiro atoms. The van der Waals surface area contributed by atoms with Crippen molar-refractivity contribution in [1.82, 2.24) is 15.4 Å². The maximum atomic E-state index is 12.1. The number of rotatable bonds is 8. The molecule has 9 heteroatoms. The molecule has 0 aliphatic rings. The number of sulfonamides is 1. The van der Waals surface area contributed by atoms with E-state index in [0.717, 1.165) is 0 Å². The van der Waals surface area contributed by atoms with Gasteiger partial charge in [-0.25, -0.2) is 13.1 Å². The van der Waals surface area contributed by atoms with Gasteiger partial charge in [0.15, 0.2) is 0 Å². The second kappa shape index (κ2) is 8.99. The molecule has 3 N–H and O–H groups in total. The van der Waals surface area contributed by atoms with Crippen LogP contribution in [0.25, 0.3) is 0 Å². The third-order valence-electron chi connectivity index (χ3n) is 2.87. The van der Waals surface area contributed by atoms with Crippen molar-refractivity contribution < 1.29 is 18.0 Å². The molecule has 0 heterocycles. The molecule has 1 aromatic rings. The third kappa shape index (κ3) is 6.67. The fraction of sp³-hybridized carbons (Fsp3) is 0.429. The molecule has 2 amide bonds. The lowest BCUT2D eigenvalue weighted by Crippen LogP contribution is -2.45. The molecule has 0 unspecified atom stereocenters. The van der Waals surface area contributed by atoms with Crippen molar-refractivity contribution >= 4 is 37.8 Å². The van der Waals surface area contributed by atoms with Crippen LogP contribution in [0.3, 0.4) is 0 Å². The molecule has 0 aliphatic heterocycles. The Hall–Kier alpha value is -1.45. The van der Waals surface area contributed by atoms with Crippen molar-refractivity contribution in [3.63, 3.8) is 0 Å². The first-order chi connectivity index (χ1) is 10.8. The second-order valence-corrected chi connectivity index (χ2v) is 7.47. The van der Waals surface area contributed by atoms with Gasteiger partial charge in [0.25, 0.3) is 0 Å². The van der Waals surface area contributed by atoms with E-state index in [-0.39, 0.29) is 23.8 Å². The molecular formula is C14H20BrN3O4S. The number of halogens is 1. The largest absolute Gasteiger partial charge is 0.355 e. The Morgan fingerprint density at radius 1 is 1.30 bits per heavy atom. The highest BCUT2D eigenvalue weighted by Crippen LogP contribution is 2.15. The summed E-state index contributed by atoms with van der Waals surface area (Å²) in [5.74, 6) is -0.684. The average Bonchev–Trinajstić information content (AvgIpc) is 2.47. The quantitative estimate of drug-likeness (QED) is 0.593. The van der Waals surface area contributed by atoms with Crippen LogP contribution in [0.2, 0.25) is 0 Å². The molecule has 0 aliphatic carbocycles. The van der Waals surface area contributed by atoms with Gasteiger partial charge in [0.05, 0.1) is 4.90 Å². The fourth-order valence-electron chi connectivity index (χ4n) is 1.72. The van der Waals surface area contributed by atoms with Gasteiger partial charge < -0.3 is 10.6 Å². The maximum Gasteiger partial charge on any atom is 0.242 e. The highest BCUT2D eigenvalue weighted by molar-refractivity contribution is 9.10. The molecule has 1 aromatic carbocycles. The van der Waals surface area contributed by atoms with E-state index in [1.807, 2.05) is 0 Å². The third-order valence-corrected chi connectivity index (χ3v) is 4.82. The lowest BCUT2D eigenvalue weighted by atomic mass is 10.3. The minimum atomic E-state index is -3.67. The van der Waals surface area contributed by atoms with Crippen LogP contribution in [0.15, 0.2) is 33.6 Å². The van der Waals surface area contributed by atoms with Gasteiger partial charge in [0.2, 0.25) is 21.8 Å². The Kier molecular flexibility index (Phi) is 7.66. The molecule has 23 heavy (non-hydrogen) atoms. The van der Waals surface area contributed by atoms with E-state index in [9.17, 15) is 18.0 Å². The first kappa shape index (κ1) is 19.6. The Morgan fingerprint density at radius 2 is 2.00 bits per heavy atom. The Balaban J connectivity index is 2.47. The van der Waals surface area contributed by atoms with Gasteiger partial charge in [0.1, 0.15) is 6.04 Å². The Bertz CT molecular complexity index is 664. The van der Waals surface area contributed by atoms with Crippen LogP contribution in [0.1, 0.15) is 20.3 Å². The number of nitrogens with one attached hydrogen (secondary N) is 3. The van der Waals surface area contributed by atoms with Crippen molar-refractivity contribution in [1.29, 1.82) is 0 Å². The summed E-state index contributed by atoms with van der Waals surface area (Å²) in [6, 6.07) is 5.60. The normalized spacial score (nSPS) is 12.5. The fourth-order valence-corrected chi connectivity index (χ4v) is 3.35. The van der Waals surface area contributed by atoms with Crippen LogP contribution >= 0.6 is 15.9 Å². The SMILES string of the molecule is CCNC(=O)[C@@H](C)NC(=O)CCNS(=O)(=O)c1cccc(Br)c1. The van der Waals surface area contributed by atoms with Crippen LogP contribution in [0, 0.1) is 0 Å². The smallest absolute Gasteiger partial charge is 0.242 e. The summed E-state index contributed by atoms with van der Waals surface area (Å²) in [5.41, 5.74) is 0. The van der Waals surface area contributed by atoms with E-state index < -0.39 is 22.0 Å². The van der Waals surface area contributed by atoms with Crippen LogP contribution in [-0.2, 0) is 19.6 Å². The summed E-state index contributed by atoms with van der Waals surface area (Å²) in [6.07, 6.45) is -0.0586. The summed E-state index contributed by atoms with van der Waals surface area (Å²) in [4.78, 5) is 23.3. The predicted molar refractivity (Wildman–Crippen MR) is 90.2 cm³/mol. The summed E-state index contributed by atoms with van der Waals surface area (Å²) >= 11 is 3.21. The average molecular weight is 406 g/mol. The topological polar surface area (TPSA) is 104 Å². The van der Waals surface area contributed by atoms with E-state index in [1.54, 1.807) is 26.0 Å². The Morgan fingerprint density at radius 3 is 2.61 bits per heavy atom. The van der Waals surface area contributed by atoms with E-state index in [1.165, 1.54) is 12.1 Å². The highest BCUT2D eigenvalue weighted by atomic mass is 79.9.